The highest BCUT2D eigenvalue weighted by Crippen LogP contribution is 2.30. The molecule has 0 saturated heterocycles. The molecule has 100 valence electrons. The van der Waals surface area contributed by atoms with Crippen molar-refractivity contribution in [3.63, 3.8) is 0 Å². The van der Waals surface area contributed by atoms with Crippen LogP contribution >= 0.6 is 0 Å². The second-order valence-corrected chi connectivity index (χ2v) is 5.73. The first-order chi connectivity index (χ1) is 8.56. The summed E-state index contributed by atoms with van der Waals surface area (Å²) >= 11 is 0. The third-order valence-electron chi connectivity index (χ3n) is 3.61. The molecule has 2 N–H and O–H groups in total. The predicted molar refractivity (Wildman–Crippen MR) is 75.9 cm³/mol. The number of rotatable bonds is 3. The third kappa shape index (κ3) is 3.34. The maximum atomic E-state index is 4.46. The Labute approximate surface area is 110 Å². The number of hydrogen-bond donors (Lipinski definition) is 2. The second kappa shape index (κ2) is 5.55. The van der Waals surface area contributed by atoms with Crippen LogP contribution in [0.3, 0.4) is 0 Å². The largest absolute Gasteiger partial charge is 0.367 e. The zero-order valence-electron chi connectivity index (χ0n) is 11.8. The minimum atomic E-state index is 0.544. The Kier molecular flexibility index (Phi) is 4.04. The van der Waals surface area contributed by atoms with Crippen LogP contribution in [-0.2, 0) is 0 Å². The van der Waals surface area contributed by atoms with Crippen molar-refractivity contribution >= 4 is 11.8 Å². The summed E-state index contributed by atoms with van der Waals surface area (Å²) < 4.78 is 0. The lowest BCUT2D eigenvalue weighted by Gasteiger charge is -2.32. The van der Waals surface area contributed by atoms with Gasteiger partial charge in [0.15, 0.2) is 0 Å². The molecule has 4 heteroatoms. The Morgan fingerprint density at radius 2 is 1.78 bits per heavy atom. The van der Waals surface area contributed by atoms with Gasteiger partial charge in [-0.3, -0.25) is 0 Å². The number of anilines is 2. The van der Waals surface area contributed by atoms with Crippen LogP contribution in [0.1, 0.15) is 38.8 Å². The summed E-state index contributed by atoms with van der Waals surface area (Å²) in [5.41, 5.74) is 0.994. The highest BCUT2D eigenvalue weighted by Gasteiger charge is 2.24. The van der Waals surface area contributed by atoms with E-state index in [2.05, 4.69) is 34.4 Å². The van der Waals surface area contributed by atoms with Gasteiger partial charge < -0.3 is 10.6 Å². The van der Waals surface area contributed by atoms with Crippen LogP contribution in [0.25, 0.3) is 0 Å². The summed E-state index contributed by atoms with van der Waals surface area (Å²) in [5.74, 6) is 3.24. The smallest absolute Gasteiger partial charge is 0.224 e. The van der Waals surface area contributed by atoms with Crippen molar-refractivity contribution in [1.82, 2.24) is 9.97 Å². The van der Waals surface area contributed by atoms with E-state index in [1.807, 2.05) is 20.0 Å². The maximum Gasteiger partial charge on any atom is 0.224 e. The van der Waals surface area contributed by atoms with Gasteiger partial charge in [0.05, 0.1) is 0 Å². The van der Waals surface area contributed by atoms with E-state index in [1.54, 1.807) is 0 Å². The standard InChI is InChI=1S/C14H24N4/c1-9-5-10(2)7-12(6-9)17-13-8-11(3)16-14(15-4)18-13/h8-10,12H,5-7H2,1-4H3,(H2,15,16,17,18). The summed E-state index contributed by atoms with van der Waals surface area (Å²) in [6.45, 7) is 6.68. The summed E-state index contributed by atoms with van der Waals surface area (Å²) in [4.78, 5) is 8.78. The van der Waals surface area contributed by atoms with Gasteiger partial charge in [0, 0.05) is 24.8 Å². The van der Waals surface area contributed by atoms with Crippen LogP contribution < -0.4 is 10.6 Å². The molecule has 2 rings (SSSR count). The zero-order chi connectivity index (χ0) is 13.1. The fourth-order valence-electron chi connectivity index (χ4n) is 3.03. The van der Waals surface area contributed by atoms with Gasteiger partial charge in [0.2, 0.25) is 5.95 Å². The van der Waals surface area contributed by atoms with E-state index in [4.69, 9.17) is 0 Å². The zero-order valence-corrected chi connectivity index (χ0v) is 11.8. The van der Waals surface area contributed by atoms with Gasteiger partial charge in [-0.15, -0.1) is 0 Å². The minimum absolute atomic E-state index is 0.544. The Hall–Kier alpha value is -1.32. The van der Waals surface area contributed by atoms with Gasteiger partial charge >= 0.3 is 0 Å². The topological polar surface area (TPSA) is 49.8 Å². The van der Waals surface area contributed by atoms with Gasteiger partial charge in [0.25, 0.3) is 0 Å². The van der Waals surface area contributed by atoms with Crippen LogP contribution in [0, 0.1) is 18.8 Å². The highest BCUT2D eigenvalue weighted by atomic mass is 15.1. The van der Waals surface area contributed by atoms with E-state index >= 15 is 0 Å². The summed E-state index contributed by atoms with van der Waals surface area (Å²) in [6.07, 6.45) is 3.83. The van der Waals surface area contributed by atoms with Crippen molar-refractivity contribution in [2.24, 2.45) is 11.8 Å². The molecule has 1 aliphatic carbocycles. The summed E-state index contributed by atoms with van der Waals surface area (Å²) in [7, 11) is 1.85. The van der Waals surface area contributed by atoms with Crippen molar-refractivity contribution in [3.05, 3.63) is 11.8 Å². The predicted octanol–water partition coefficient (Wildman–Crippen LogP) is 3.06. The Balaban J connectivity index is 2.06. The van der Waals surface area contributed by atoms with Crippen molar-refractivity contribution in [2.75, 3.05) is 17.7 Å². The number of aryl methyl sites for hydroxylation is 1. The molecule has 1 heterocycles. The lowest BCUT2D eigenvalue weighted by atomic mass is 9.80. The van der Waals surface area contributed by atoms with Crippen LogP contribution in [0.4, 0.5) is 11.8 Å². The van der Waals surface area contributed by atoms with Crippen molar-refractivity contribution in [1.29, 1.82) is 0 Å². The average Bonchev–Trinajstić information content (AvgIpc) is 2.26. The monoisotopic (exact) mass is 248 g/mol. The lowest BCUT2D eigenvalue weighted by molar-refractivity contribution is 0.280. The maximum absolute atomic E-state index is 4.46. The van der Waals surface area contributed by atoms with Gasteiger partial charge in [-0.25, -0.2) is 4.98 Å². The van der Waals surface area contributed by atoms with Gasteiger partial charge in [-0.2, -0.15) is 4.98 Å². The molecule has 18 heavy (non-hydrogen) atoms. The first-order valence-electron chi connectivity index (χ1n) is 6.86. The summed E-state index contributed by atoms with van der Waals surface area (Å²) in [6, 6.07) is 2.56. The van der Waals surface area contributed by atoms with E-state index < -0.39 is 0 Å². The van der Waals surface area contributed by atoms with Gasteiger partial charge in [0.1, 0.15) is 5.82 Å². The normalized spacial score (nSPS) is 27.9. The molecule has 0 aliphatic heterocycles. The van der Waals surface area contributed by atoms with E-state index in [0.717, 1.165) is 23.3 Å². The van der Waals surface area contributed by atoms with Crippen molar-refractivity contribution in [2.45, 2.75) is 46.1 Å². The number of aromatic nitrogens is 2. The molecule has 0 spiro atoms. The second-order valence-electron chi connectivity index (χ2n) is 5.73. The van der Waals surface area contributed by atoms with E-state index in [1.165, 1.54) is 19.3 Å². The molecule has 1 fully saturated rings. The minimum Gasteiger partial charge on any atom is -0.367 e. The Bertz CT molecular complexity index is 395. The van der Waals surface area contributed by atoms with Crippen LogP contribution in [-0.4, -0.2) is 23.1 Å². The number of nitrogens with one attached hydrogen (secondary N) is 2. The number of nitrogens with zero attached hydrogens (tertiary/aromatic N) is 2. The molecule has 0 aromatic carbocycles. The SMILES string of the molecule is CNc1nc(C)cc(NC2CC(C)CC(C)C2)n1. The van der Waals surface area contributed by atoms with Crippen molar-refractivity contribution < 1.29 is 0 Å². The molecule has 1 aromatic rings. The molecule has 1 saturated carbocycles. The Morgan fingerprint density at radius 1 is 1.11 bits per heavy atom. The van der Waals surface area contributed by atoms with Crippen molar-refractivity contribution in [3.8, 4) is 0 Å². The highest BCUT2D eigenvalue weighted by molar-refractivity contribution is 5.42. The number of hydrogen-bond acceptors (Lipinski definition) is 4. The molecule has 4 nitrogen and oxygen atoms in total. The first-order valence-corrected chi connectivity index (χ1v) is 6.86. The van der Waals surface area contributed by atoms with Gasteiger partial charge in [-0.05, 0) is 38.0 Å². The molecule has 0 radical (unpaired) electrons. The molecule has 2 unspecified atom stereocenters. The van der Waals surface area contributed by atoms with Gasteiger partial charge in [-0.1, -0.05) is 13.8 Å². The van der Waals surface area contributed by atoms with E-state index in [0.29, 0.717) is 12.0 Å². The molecular formula is C14H24N4. The molecule has 1 aliphatic rings. The van der Waals surface area contributed by atoms with Crippen LogP contribution in [0.5, 0.6) is 0 Å². The average molecular weight is 248 g/mol. The molecule has 0 bridgehead atoms. The Morgan fingerprint density at radius 3 is 2.39 bits per heavy atom. The molecule has 2 atom stereocenters. The van der Waals surface area contributed by atoms with Crippen LogP contribution in [0.15, 0.2) is 6.07 Å². The molecule has 0 amide bonds. The summed E-state index contributed by atoms with van der Waals surface area (Å²) in [5, 5.41) is 6.57. The fourth-order valence-corrected chi connectivity index (χ4v) is 3.03. The molecular weight excluding hydrogens is 224 g/mol. The van der Waals surface area contributed by atoms with E-state index in [9.17, 15) is 0 Å². The van der Waals surface area contributed by atoms with Crippen LogP contribution in [0.2, 0.25) is 0 Å². The third-order valence-corrected chi connectivity index (χ3v) is 3.61. The fraction of sp³-hybridized carbons (Fsp3) is 0.714. The first kappa shape index (κ1) is 13.1. The quantitative estimate of drug-likeness (QED) is 0.863. The van der Waals surface area contributed by atoms with E-state index in [-0.39, 0.29) is 0 Å². The lowest BCUT2D eigenvalue weighted by Crippen LogP contribution is -2.30. The molecule has 1 aromatic heterocycles.